The van der Waals surface area contributed by atoms with Gasteiger partial charge in [-0.15, -0.1) is 0 Å². The molecular formula is C46H54ClN7O5S. The van der Waals surface area contributed by atoms with Gasteiger partial charge in [-0.05, 0) is 85.5 Å². The fraction of sp³-hybridized carbons (Fsp3) is 0.391. The molecule has 0 aliphatic carbocycles. The van der Waals surface area contributed by atoms with Crippen LogP contribution in [0.2, 0.25) is 5.02 Å². The maximum atomic E-state index is 15.3. The van der Waals surface area contributed by atoms with Crippen LogP contribution in [0.1, 0.15) is 87.6 Å². The fourth-order valence-corrected chi connectivity index (χ4v) is 9.30. The molecule has 2 aliphatic rings. The minimum absolute atomic E-state index is 0.0306. The number of piperazine rings is 1. The smallest absolute Gasteiger partial charge is 0.275 e. The van der Waals surface area contributed by atoms with Crippen LogP contribution in [0.3, 0.4) is 0 Å². The number of hydrogen-bond acceptors (Lipinski definition) is 8. The molecule has 5 aromatic rings. The Hall–Kier alpha value is -5.08. The number of fused-ring (bicyclic) bond motifs is 2. The lowest BCUT2D eigenvalue weighted by Crippen LogP contribution is -2.53. The van der Waals surface area contributed by atoms with E-state index >= 15 is 4.79 Å². The summed E-state index contributed by atoms with van der Waals surface area (Å²) in [4.78, 5) is 51.6. The number of carbonyl (C=O) groups is 3. The molecule has 0 spiro atoms. The van der Waals surface area contributed by atoms with Crippen molar-refractivity contribution in [2.75, 3.05) is 52.9 Å². The number of nitrogens with zero attached hydrogens (tertiary/aromatic N) is 6. The molecule has 1 aromatic heterocycles. The van der Waals surface area contributed by atoms with E-state index in [1.165, 1.54) is 34.5 Å². The number of carbonyl (C=O) groups excluding carboxylic acids is 3. The zero-order valence-corrected chi connectivity index (χ0v) is 36.4. The number of sulfonamides is 1. The molecule has 60 heavy (non-hydrogen) atoms. The third-order valence-electron chi connectivity index (χ3n) is 11.8. The lowest BCUT2D eigenvalue weighted by atomic mass is 9.92. The van der Waals surface area contributed by atoms with Crippen molar-refractivity contribution in [3.05, 3.63) is 124 Å². The van der Waals surface area contributed by atoms with Crippen LogP contribution in [0.25, 0.3) is 16.5 Å². The molecule has 7 rings (SSSR count). The highest BCUT2D eigenvalue weighted by atomic mass is 35.5. The number of amides is 3. The van der Waals surface area contributed by atoms with Crippen molar-refractivity contribution >= 4 is 50.1 Å². The van der Waals surface area contributed by atoms with Crippen molar-refractivity contribution in [2.45, 2.75) is 70.4 Å². The summed E-state index contributed by atoms with van der Waals surface area (Å²) < 4.78 is 31.0. The van der Waals surface area contributed by atoms with E-state index in [-0.39, 0.29) is 44.6 Å². The Morgan fingerprint density at radius 3 is 2.22 bits per heavy atom. The minimum atomic E-state index is -4.30. The van der Waals surface area contributed by atoms with E-state index < -0.39 is 15.9 Å². The van der Waals surface area contributed by atoms with Gasteiger partial charge in [0.05, 0.1) is 26.9 Å². The standard InChI is InChI=1S/C46H54ClN7O5S/c1-5-7-21-52(22-8-6-2)46(57)43-42(47)32(3)54(48-43)41-20-18-36(44(55)49-60(58,59)39-19-17-33-13-9-10-15-35(33)28-39)29-40(41)45(56)53-30-37-16-12-11-14-34(37)27-38(53)31-51-25-23-50(4)24-26-51/h9-20,28-29,38H,5-8,21-27,30-31H2,1-4H3,(H,49,55). The van der Waals surface area contributed by atoms with Crippen LogP contribution >= 0.6 is 11.6 Å². The average Bonchev–Trinajstić information content (AvgIpc) is 3.55. The average molecular weight is 853 g/mol. The topological polar surface area (TPSA) is 128 Å². The molecule has 1 unspecified atom stereocenters. The monoisotopic (exact) mass is 851 g/mol. The van der Waals surface area contributed by atoms with Crippen LogP contribution in [0.5, 0.6) is 0 Å². The number of unbranched alkanes of at least 4 members (excludes halogenated alkanes) is 2. The molecule has 0 radical (unpaired) electrons. The number of benzene rings is 4. The summed E-state index contributed by atoms with van der Waals surface area (Å²) in [5.74, 6) is -1.53. The summed E-state index contributed by atoms with van der Waals surface area (Å²) in [7, 11) is -2.19. The van der Waals surface area contributed by atoms with E-state index in [0.717, 1.165) is 62.8 Å². The zero-order chi connectivity index (χ0) is 42.6. The molecular weight excluding hydrogens is 798 g/mol. The number of nitrogens with one attached hydrogen (secondary N) is 1. The highest BCUT2D eigenvalue weighted by Crippen LogP contribution is 2.31. The first-order chi connectivity index (χ1) is 28.9. The Bertz CT molecular complexity index is 2490. The molecule has 316 valence electrons. The first-order valence-corrected chi connectivity index (χ1v) is 22.8. The number of aromatic nitrogens is 2. The second-order valence-corrected chi connectivity index (χ2v) is 18.1. The Kier molecular flexibility index (Phi) is 13.4. The highest BCUT2D eigenvalue weighted by molar-refractivity contribution is 7.90. The molecule has 0 bridgehead atoms. The molecule has 2 aliphatic heterocycles. The van der Waals surface area contributed by atoms with Crippen LogP contribution < -0.4 is 4.72 Å². The summed E-state index contributed by atoms with van der Waals surface area (Å²) in [5, 5.41) is 6.53. The van der Waals surface area contributed by atoms with Gasteiger partial charge in [0.15, 0.2) is 5.69 Å². The SMILES string of the molecule is CCCCN(CCCC)C(=O)c1nn(-c2ccc(C(=O)NS(=O)(=O)c3ccc4ccccc4c3)cc2C(=O)N2Cc3ccccc3CC2CN2CCN(C)CC2)c(C)c1Cl. The van der Waals surface area contributed by atoms with Gasteiger partial charge in [-0.25, -0.2) is 17.8 Å². The second kappa shape index (κ2) is 18.7. The molecule has 12 nitrogen and oxygen atoms in total. The van der Waals surface area contributed by atoms with Gasteiger partial charge in [0, 0.05) is 64.0 Å². The zero-order valence-electron chi connectivity index (χ0n) is 34.9. The molecule has 1 N–H and O–H groups in total. The van der Waals surface area contributed by atoms with Crippen molar-refractivity contribution in [1.82, 2.24) is 34.1 Å². The maximum absolute atomic E-state index is 15.3. The van der Waals surface area contributed by atoms with Crippen molar-refractivity contribution < 1.29 is 22.8 Å². The Morgan fingerprint density at radius 2 is 1.52 bits per heavy atom. The Morgan fingerprint density at radius 1 is 0.850 bits per heavy atom. The number of hydrogen-bond donors (Lipinski definition) is 1. The second-order valence-electron chi connectivity index (χ2n) is 16.0. The van der Waals surface area contributed by atoms with E-state index in [2.05, 4.69) is 41.5 Å². The first-order valence-electron chi connectivity index (χ1n) is 20.9. The summed E-state index contributed by atoms with van der Waals surface area (Å²) in [5.41, 5.74) is 3.17. The molecule has 1 saturated heterocycles. The molecule has 14 heteroatoms. The third-order valence-corrected chi connectivity index (χ3v) is 13.5. The quantitative estimate of drug-likeness (QED) is 0.127. The fourth-order valence-electron chi connectivity index (χ4n) is 8.10. The Labute approximate surface area is 358 Å². The van der Waals surface area contributed by atoms with Gasteiger partial charge in [0.1, 0.15) is 0 Å². The van der Waals surface area contributed by atoms with Crippen LogP contribution in [0, 0.1) is 6.92 Å². The van der Waals surface area contributed by atoms with Gasteiger partial charge in [-0.1, -0.05) is 92.9 Å². The maximum Gasteiger partial charge on any atom is 0.275 e. The normalized spacial score (nSPS) is 16.1. The Balaban J connectivity index is 1.29. The van der Waals surface area contributed by atoms with Crippen LogP contribution in [0.15, 0.2) is 89.8 Å². The van der Waals surface area contributed by atoms with Crippen LogP contribution in [-0.2, 0) is 23.0 Å². The predicted molar refractivity (Wildman–Crippen MR) is 235 cm³/mol. The van der Waals surface area contributed by atoms with Gasteiger partial charge in [0.25, 0.3) is 27.7 Å². The number of likely N-dealkylation sites (N-methyl/N-ethyl adjacent to an activating group) is 1. The number of rotatable bonds is 14. The summed E-state index contributed by atoms with van der Waals surface area (Å²) in [6.45, 7) is 11.6. The lowest BCUT2D eigenvalue weighted by molar-refractivity contribution is 0.0535. The molecule has 1 atom stereocenters. The van der Waals surface area contributed by atoms with E-state index in [1.807, 2.05) is 41.3 Å². The van der Waals surface area contributed by atoms with Crippen molar-refractivity contribution in [3.8, 4) is 5.69 Å². The van der Waals surface area contributed by atoms with Gasteiger partial charge in [0.2, 0.25) is 0 Å². The summed E-state index contributed by atoms with van der Waals surface area (Å²) in [6, 6.07) is 24.4. The largest absolute Gasteiger partial charge is 0.337 e. The number of halogens is 1. The lowest BCUT2D eigenvalue weighted by Gasteiger charge is -2.41. The van der Waals surface area contributed by atoms with Crippen molar-refractivity contribution in [1.29, 1.82) is 0 Å². The molecule has 0 saturated carbocycles. The van der Waals surface area contributed by atoms with Crippen molar-refractivity contribution in [3.63, 3.8) is 0 Å². The van der Waals surface area contributed by atoms with Gasteiger partial charge >= 0.3 is 0 Å². The first kappa shape index (κ1) is 43.0. The van der Waals surface area contributed by atoms with E-state index in [0.29, 0.717) is 49.4 Å². The van der Waals surface area contributed by atoms with Gasteiger partial charge in [-0.3, -0.25) is 19.3 Å². The minimum Gasteiger partial charge on any atom is -0.337 e. The highest BCUT2D eigenvalue weighted by Gasteiger charge is 2.35. The third kappa shape index (κ3) is 9.29. The predicted octanol–water partition coefficient (Wildman–Crippen LogP) is 6.96. The van der Waals surface area contributed by atoms with Gasteiger partial charge in [-0.2, -0.15) is 5.10 Å². The van der Waals surface area contributed by atoms with E-state index in [4.69, 9.17) is 16.7 Å². The molecule has 3 amide bonds. The van der Waals surface area contributed by atoms with Crippen molar-refractivity contribution in [2.24, 2.45) is 0 Å². The summed E-state index contributed by atoms with van der Waals surface area (Å²) >= 11 is 6.93. The van der Waals surface area contributed by atoms with E-state index in [1.54, 1.807) is 30.0 Å². The molecule has 4 aromatic carbocycles. The molecule has 1 fully saturated rings. The van der Waals surface area contributed by atoms with E-state index in [9.17, 15) is 18.0 Å². The molecule has 3 heterocycles. The van der Waals surface area contributed by atoms with Gasteiger partial charge < -0.3 is 14.7 Å². The summed E-state index contributed by atoms with van der Waals surface area (Å²) in [6.07, 6.45) is 4.15. The van der Waals surface area contributed by atoms with Crippen LogP contribution in [-0.4, -0.2) is 114 Å². The van der Waals surface area contributed by atoms with Crippen LogP contribution in [0.4, 0.5) is 0 Å².